The van der Waals surface area contributed by atoms with Gasteiger partial charge in [0.25, 0.3) is 5.56 Å². The predicted molar refractivity (Wildman–Crippen MR) is 48.2 cm³/mol. The van der Waals surface area contributed by atoms with E-state index >= 15 is 0 Å². The lowest BCUT2D eigenvalue weighted by Gasteiger charge is -1.95. The third kappa shape index (κ3) is 3.25. The topological polar surface area (TPSA) is 83.0 Å². The highest BCUT2D eigenvalue weighted by Gasteiger charge is 2.04. The Morgan fingerprint density at radius 1 is 1.69 bits per heavy atom. The molecular weight excluding hydrogens is 196 g/mol. The van der Waals surface area contributed by atoms with E-state index in [9.17, 15) is 9.59 Å². The van der Waals surface area contributed by atoms with Crippen molar-refractivity contribution in [2.75, 3.05) is 0 Å². The number of aliphatic carboxylic acids is 1. The first kappa shape index (κ1) is 11.6. The van der Waals surface area contributed by atoms with Gasteiger partial charge in [0.1, 0.15) is 5.82 Å². The average molecular weight is 205 g/mol. The van der Waals surface area contributed by atoms with E-state index in [2.05, 4.69) is 9.97 Å². The second-order valence-electron chi connectivity index (χ2n) is 2.39. The van der Waals surface area contributed by atoms with Gasteiger partial charge in [0.15, 0.2) is 0 Å². The summed E-state index contributed by atoms with van der Waals surface area (Å²) in [7, 11) is 0. The van der Waals surface area contributed by atoms with Crippen molar-refractivity contribution in [2.24, 2.45) is 0 Å². The fourth-order valence-electron chi connectivity index (χ4n) is 0.799. The molecule has 0 fully saturated rings. The Balaban J connectivity index is 0.00000144. The molecule has 0 spiro atoms. The number of carbonyl (C=O) groups is 1. The lowest BCUT2D eigenvalue weighted by Crippen LogP contribution is -2.17. The summed E-state index contributed by atoms with van der Waals surface area (Å²) in [6.45, 7) is 1.63. The van der Waals surface area contributed by atoms with Gasteiger partial charge in [-0.15, -0.1) is 12.4 Å². The van der Waals surface area contributed by atoms with Crippen LogP contribution in [0.4, 0.5) is 0 Å². The molecule has 5 nitrogen and oxygen atoms in total. The lowest BCUT2D eigenvalue weighted by molar-refractivity contribution is -0.136. The molecular formula is C7H9ClN2O3. The molecule has 1 heterocycles. The Morgan fingerprint density at radius 3 is 2.77 bits per heavy atom. The quantitative estimate of drug-likeness (QED) is 0.717. The number of carboxylic acid groups (broad SMARTS) is 1. The highest BCUT2D eigenvalue weighted by Crippen LogP contribution is 1.89. The predicted octanol–water partition coefficient (Wildman–Crippen LogP) is 0.127. The number of aryl methyl sites for hydroxylation is 1. The average Bonchev–Trinajstić information content (AvgIpc) is 1.94. The molecule has 2 N–H and O–H groups in total. The van der Waals surface area contributed by atoms with Gasteiger partial charge in [-0.3, -0.25) is 9.59 Å². The van der Waals surface area contributed by atoms with Crippen LogP contribution < -0.4 is 5.56 Å². The minimum atomic E-state index is -1.04. The summed E-state index contributed by atoms with van der Waals surface area (Å²) in [5.41, 5.74) is -0.210. The third-order valence-corrected chi connectivity index (χ3v) is 1.34. The zero-order chi connectivity index (χ0) is 9.14. The van der Waals surface area contributed by atoms with Crippen LogP contribution in [0.25, 0.3) is 0 Å². The van der Waals surface area contributed by atoms with Crippen molar-refractivity contribution in [2.45, 2.75) is 13.3 Å². The Hall–Kier alpha value is -1.36. The Morgan fingerprint density at radius 2 is 2.31 bits per heavy atom. The molecule has 1 aromatic rings. The van der Waals surface area contributed by atoms with Crippen LogP contribution >= 0.6 is 12.4 Å². The summed E-state index contributed by atoms with van der Waals surface area (Å²) in [5.74, 6) is -0.555. The van der Waals surface area contributed by atoms with Gasteiger partial charge in [-0.1, -0.05) is 0 Å². The van der Waals surface area contributed by atoms with E-state index in [1.54, 1.807) is 6.92 Å². The van der Waals surface area contributed by atoms with Crippen LogP contribution in [0, 0.1) is 6.92 Å². The second kappa shape index (κ2) is 4.61. The maximum atomic E-state index is 11.0. The number of nitrogens with one attached hydrogen (secondary N) is 1. The molecule has 0 unspecified atom stereocenters. The van der Waals surface area contributed by atoms with Crippen molar-refractivity contribution in [1.29, 1.82) is 0 Å². The Labute approximate surface area is 80.2 Å². The van der Waals surface area contributed by atoms with Crippen LogP contribution in [0.2, 0.25) is 0 Å². The standard InChI is InChI=1S/C7H8N2O3.ClH/c1-4-8-3-5(2-6(10)11)7(12)9-4;/h3H,2H2,1H3,(H,10,11)(H,8,9,12);1H. The molecule has 72 valence electrons. The molecule has 0 bridgehead atoms. The van der Waals surface area contributed by atoms with Gasteiger partial charge >= 0.3 is 5.97 Å². The number of nitrogens with zero attached hydrogens (tertiary/aromatic N) is 1. The monoisotopic (exact) mass is 204 g/mol. The summed E-state index contributed by atoms with van der Waals surface area (Å²) < 4.78 is 0. The van der Waals surface area contributed by atoms with Crippen molar-refractivity contribution in [3.63, 3.8) is 0 Å². The van der Waals surface area contributed by atoms with Crippen molar-refractivity contribution in [1.82, 2.24) is 9.97 Å². The number of aromatic nitrogens is 2. The molecule has 0 aliphatic carbocycles. The molecule has 0 atom stereocenters. The maximum absolute atomic E-state index is 11.0. The molecule has 0 saturated heterocycles. The van der Waals surface area contributed by atoms with Gasteiger partial charge in [0.2, 0.25) is 0 Å². The fraction of sp³-hybridized carbons (Fsp3) is 0.286. The smallest absolute Gasteiger partial charge is 0.308 e. The van der Waals surface area contributed by atoms with Gasteiger partial charge in [-0.2, -0.15) is 0 Å². The molecule has 0 amide bonds. The van der Waals surface area contributed by atoms with E-state index in [1.165, 1.54) is 6.20 Å². The third-order valence-electron chi connectivity index (χ3n) is 1.34. The molecule has 0 saturated carbocycles. The van der Waals surface area contributed by atoms with Crippen molar-refractivity contribution in [3.8, 4) is 0 Å². The zero-order valence-electron chi connectivity index (χ0n) is 6.90. The summed E-state index contributed by atoms with van der Waals surface area (Å²) >= 11 is 0. The molecule has 13 heavy (non-hydrogen) atoms. The van der Waals surface area contributed by atoms with Crippen LogP contribution in [-0.2, 0) is 11.2 Å². The van der Waals surface area contributed by atoms with Gasteiger partial charge in [0, 0.05) is 11.8 Å². The summed E-state index contributed by atoms with van der Waals surface area (Å²) in [6.07, 6.45) is 0.991. The highest BCUT2D eigenvalue weighted by molar-refractivity contribution is 5.85. The minimum absolute atomic E-state index is 0. The van der Waals surface area contributed by atoms with E-state index < -0.39 is 5.97 Å². The zero-order valence-corrected chi connectivity index (χ0v) is 7.72. The summed E-state index contributed by atoms with van der Waals surface area (Å²) in [6, 6.07) is 0. The first-order valence-electron chi connectivity index (χ1n) is 3.36. The van der Waals surface area contributed by atoms with E-state index in [4.69, 9.17) is 5.11 Å². The van der Waals surface area contributed by atoms with Crippen LogP contribution in [-0.4, -0.2) is 21.0 Å². The second-order valence-corrected chi connectivity index (χ2v) is 2.39. The van der Waals surface area contributed by atoms with Crippen molar-refractivity contribution < 1.29 is 9.90 Å². The van der Waals surface area contributed by atoms with Crippen LogP contribution in [0.15, 0.2) is 11.0 Å². The number of hydrogen-bond donors (Lipinski definition) is 2. The molecule has 0 radical (unpaired) electrons. The number of rotatable bonds is 2. The van der Waals surface area contributed by atoms with Crippen LogP contribution in [0.5, 0.6) is 0 Å². The van der Waals surface area contributed by atoms with Crippen LogP contribution in [0.3, 0.4) is 0 Å². The normalized spacial score (nSPS) is 9.00. The molecule has 0 aliphatic rings. The maximum Gasteiger partial charge on any atom is 0.308 e. The largest absolute Gasteiger partial charge is 0.481 e. The molecule has 6 heteroatoms. The number of H-pyrrole nitrogens is 1. The molecule has 0 aliphatic heterocycles. The lowest BCUT2D eigenvalue weighted by atomic mass is 10.2. The minimum Gasteiger partial charge on any atom is -0.481 e. The molecule has 0 aromatic carbocycles. The molecule has 1 rings (SSSR count). The van der Waals surface area contributed by atoms with Crippen molar-refractivity contribution in [3.05, 3.63) is 27.9 Å². The van der Waals surface area contributed by atoms with Gasteiger partial charge < -0.3 is 10.1 Å². The SMILES string of the molecule is Cc1ncc(CC(=O)O)c(=O)[nH]1.Cl. The number of hydrogen-bond acceptors (Lipinski definition) is 3. The van der Waals surface area contributed by atoms with Crippen molar-refractivity contribution >= 4 is 18.4 Å². The van der Waals surface area contributed by atoms with Gasteiger partial charge in [-0.25, -0.2) is 4.98 Å². The van der Waals surface area contributed by atoms with E-state index in [-0.39, 0.29) is 30.0 Å². The Kier molecular flexibility index (Phi) is 4.13. The fourth-order valence-corrected chi connectivity index (χ4v) is 0.799. The number of halogens is 1. The van der Waals surface area contributed by atoms with E-state index in [1.807, 2.05) is 0 Å². The Bertz CT molecular complexity index is 361. The first-order valence-corrected chi connectivity index (χ1v) is 3.36. The van der Waals surface area contributed by atoms with E-state index in [0.717, 1.165) is 0 Å². The van der Waals surface area contributed by atoms with Crippen LogP contribution in [0.1, 0.15) is 11.4 Å². The molecule has 1 aromatic heterocycles. The summed E-state index contributed by atoms with van der Waals surface area (Å²) in [4.78, 5) is 27.4. The summed E-state index contributed by atoms with van der Waals surface area (Å²) in [5, 5.41) is 8.38. The van der Waals surface area contributed by atoms with E-state index in [0.29, 0.717) is 5.82 Å². The van der Waals surface area contributed by atoms with Gasteiger partial charge in [0.05, 0.1) is 6.42 Å². The van der Waals surface area contributed by atoms with Gasteiger partial charge in [-0.05, 0) is 6.92 Å². The number of carboxylic acids is 1. The highest BCUT2D eigenvalue weighted by atomic mass is 35.5. The first-order chi connectivity index (χ1) is 5.59. The number of aromatic amines is 1.